The topological polar surface area (TPSA) is 46.9 Å². The standard InChI is InChI=1S/C26H26F3N3OS/c1-4-6-9-12-18(3)32-22(30-19-13-10-8-11-14-19)17-21(33)24-20(26(27,28)29)16-23(31-25(24)32)34-15-7-5-2/h4,6,8-14,16-17,30H,1,5,7,15H2,2-3H3/b9-6-,18-12+. The number of allylic oxidation sites excluding steroid dienone is 5. The van der Waals surface area contributed by atoms with Crippen LogP contribution in [0.3, 0.4) is 0 Å². The summed E-state index contributed by atoms with van der Waals surface area (Å²) in [7, 11) is 0. The Morgan fingerprint density at radius 2 is 1.94 bits per heavy atom. The largest absolute Gasteiger partial charge is 0.417 e. The zero-order valence-electron chi connectivity index (χ0n) is 19.0. The molecule has 0 aliphatic heterocycles. The molecule has 0 atom stereocenters. The molecule has 0 spiro atoms. The molecule has 2 aromatic heterocycles. The third-order valence-electron chi connectivity index (χ3n) is 4.98. The molecule has 0 bridgehead atoms. The number of anilines is 2. The van der Waals surface area contributed by atoms with E-state index in [0.29, 0.717) is 23.0 Å². The predicted molar refractivity (Wildman–Crippen MR) is 136 cm³/mol. The van der Waals surface area contributed by atoms with E-state index in [1.807, 2.05) is 25.1 Å². The maximum Gasteiger partial charge on any atom is 0.417 e. The molecule has 0 aliphatic carbocycles. The van der Waals surface area contributed by atoms with E-state index in [1.54, 1.807) is 47.9 Å². The van der Waals surface area contributed by atoms with Crippen LogP contribution in [0.4, 0.5) is 24.7 Å². The Balaban J connectivity index is 2.36. The number of fused-ring (bicyclic) bond motifs is 1. The van der Waals surface area contributed by atoms with Gasteiger partial charge in [-0.25, -0.2) is 4.98 Å². The second-order valence-corrected chi connectivity index (χ2v) is 8.67. The van der Waals surface area contributed by atoms with Crippen LogP contribution >= 0.6 is 11.8 Å². The molecule has 3 aromatic rings. The van der Waals surface area contributed by atoms with E-state index in [4.69, 9.17) is 0 Å². The number of hydrogen-bond donors (Lipinski definition) is 1. The van der Waals surface area contributed by atoms with Gasteiger partial charge in [0.2, 0.25) is 0 Å². The van der Waals surface area contributed by atoms with Crippen molar-refractivity contribution in [3.05, 3.63) is 89.1 Å². The van der Waals surface area contributed by atoms with Gasteiger partial charge in [0.1, 0.15) is 5.82 Å². The second-order valence-electron chi connectivity index (χ2n) is 7.56. The molecule has 0 unspecified atom stereocenters. The second kappa shape index (κ2) is 11.2. The summed E-state index contributed by atoms with van der Waals surface area (Å²) in [6.45, 7) is 7.40. The maximum atomic E-state index is 14.1. The lowest BCUT2D eigenvalue weighted by Gasteiger charge is -2.20. The molecule has 2 heterocycles. The van der Waals surface area contributed by atoms with Crippen LogP contribution in [0, 0.1) is 0 Å². The number of nitrogens with one attached hydrogen (secondary N) is 1. The average Bonchev–Trinajstić information content (AvgIpc) is 2.79. The number of alkyl halides is 3. The van der Waals surface area contributed by atoms with Crippen LogP contribution in [-0.2, 0) is 6.18 Å². The van der Waals surface area contributed by atoms with Crippen molar-refractivity contribution in [2.24, 2.45) is 0 Å². The Morgan fingerprint density at radius 3 is 2.59 bits per heavy atom. The van der Waals surface area contributed by atoms with Crippen molar-refractivity contribution in [3.63, 3.8) is 0 Å². The zero-order chi connectivity index (χ0) is 24.7. The van der Waals surface area contributed by atoms with Gasteiger partial charge in [0, 0.05) is 17.5 Å². The van der Waals surface area contributed by atoms with E-state index in [2.05, 4.69) is 16.9 Å². The molecule has 1 aromatic carbocycles. The number of rotatable bonds is 9. The minimum Gasteiger partial charge on any atom is -0.341 e. The molecule has 34 heavy (non-hydrogen) atoms. The highest BCUT2D eigenvalue weighted by atomic mass is 32.2. The number of para-hydroxylation sites is 1. The SMILES string of the molecule is C=C/C=C\C=C(/C)n1c(Nc2ccccc2)cc(=O)c2c(C(F)(F)F)cc(SCCCC)nc21. The van der Waals surface area contributed by atoms with Crippen molar-refractivity contribution in [3.8, 4) is 0 Å². The third-order valence-corrected chi connectivity index (χ3v) is 5.98. The Hall–Kier alpha value is -3.26. The molecule has 0 amide bonds. The zero-order valence-corrected chi connectivity index (χ0v) is 19.8. The number of unbranched alkanes of at least 4 members (excludes halogenated alkanes) is 1. The molecule has 1 N–H and O–H groups in total. The van der Waals surface area contributed by atoms with Gasteiger partial charge in [-0.15, -0.1) is 11.8 Å². The minimum atomic E-state index is -4.70. The van der Waals surface area contributed by atoms with Gasteiger partial charge < -0.3 is 5.32 Å². The van der Waals surface area contributed by atoms with E-state index in [0.717, 1.165) is 18.9 Å². The first-order valence-corrected chi connectivity index (χ1v) is 11.8. The molecule has 0 fully saturated rings. The van der Waals surface area contributed by atoms with Gasteiger partial charge in [0.15, 0.2) is 11.1 Å². The van der Waals surface area contributed by atoms with Crippen molar-refractivity contribution in [2.75, 3.05) is 11.1 Å². The summed E-state index contributed by atoms with van der Waals surface area (Å²) in [5.74, 6) is 0.954. The molecule has 0 saturated heterocycles. The van der Waals surface area contributed by atoms with Gasteiger partial charge in [0.05, 0.1) is 16.0 Å². The summed E-state index contributed by atoms with van der Waals surface area (Å²) < 4.78 is 43.7. The van der Waals surface area contributed by atoms with Gasteiger partial charge in [-0.1, -0.05) is 56.4 Å². The molecule has 178 valence electrons. The van der Waals surface area contributed by atoms with Gasteiger partial charge in [-0.2, -0.15) is 13.2 Å². The highest BCUT2D eigenvalue weighted by Gasteiger charge is 2.35. The normalized spacial score (nSPS) is 12.4. The first kappa shape index (κ1) is 25.4. The van der Waals surface area contributed by atoms with Crippen LogP contribution in [0.2, 0.25) is 0 Å². The van der Waals surface area contributed by atoms with Crippen LogP contribution in [0.25, 0.3) is 16.7 Å². The Morgan fingerprint density at radius 1 is 1.21 bits per heavy atom. The first-order chi connectivity index (χ1) is 16.3. The molecule has 3 rings (SSSR count). The van der Waals surface area contributed by atoms with Crippen molar-refractivity contribution in [1.82, 2.24) is 9.55 Å². The molecule has 0 aliphatic rings. The van der Waals surface area contributed by atoms with E-state index in [9.17, 15) is 18.0 Å². The highest BCUT2D eigenvalue weighted by Crippen LogP contribution is 2.37. The molecule has 8 heteroatoms. The minimum absolute atomic E-state index is 0.0412. The van der Waals surface area contributed by atoms with Gasteiger partial charge in [-0.05, 0) is 43.4 Å². The molecule has 4 nitrogen and oxygen atoms in total. The van der Waals surface area contributed by atoms with E-state index in [1.165, 1.54) is 17.8 Å². The van der Waals surface area contributed by atoms with Crippen LogP contribution < -0.4 is 10.7 Å². The van der Waals surface area contributed by atoms with E-state index < -0.39 is 22.6 Å². The lowest BCUT2D eigenvalue weighted by Crippen LogP contribution is -2.18. The maximum absolute atomic E-state index is 14.1. The smallest absolute Gasteiger partial charge is 0.341 e. The fourth-order valence-corrected chi connectivity index (χ4v) is 4.37. The van der Waals surface area contributed by atoms with Crippen molar-refractivity contribution in [1.29, 1.82) is 0 Å². The summed E-state index contributed by atoms with van der Waals surface area (Å²) in [6, 6.07) is 11.3. The Labute approximate surface area is 200 Å². The lowest BCUT2D eigenvalue weighted by molar-refractivity contribution is -0.136. The van der Waals surface area contributed by atoms with Crippen molar-refractivity contribution >= 4 is 40.0 Å². The average molecular weight is 486 g/mol. The van der Waals surface area contributed by atoms with Gasteiger partial charge >= 0.3 is 6.18 Å². The summed E-state index contributed by atoms with van der Waals surface area (Å²) in [5, 5.41) is 2.93. The van der Waals surface area contributed by atoms with Crippen LogP contribution in [-0.4, -0.2) is 15.3 Å². The Kier molecular flexibility index (Phi) is 8.39. The summed E-state index contributed by atoms with van der Waals surface area (Å²) >= 11 is 1.25. The monoisotopic (exact) mass is 485 g/mol. The molecular formula is C26H26F3N3OS. The van der Waals surface area contributed by atoms with Gasteiger partial charge in [-0.3, -0.25) is 9.36 Å². The van der Waals surface area contributed by atoms with Crippen LogP contribution in [0.1, 0.15) is 32.3 Å². The highest BCUT2D eigenvalue weighted by molar-refractivity contribution is 7.99. The first-order valence-electron chi connectivity index (χ1n) is 10.9. The fraction of sp³-hybridized carbons (Fsp3) is 0.231. The van der Waals surface area contributed by atoms with E-state index >= 15 is 0 Å². The number of aromatic nitrogens is 2. The number of thioether (sulfide) groups is 1. The van der Waals surface area contributed by atoms with Gasteiger partial charge in [0.25, 0.3) is 0 Å². The molecular weight excluding hydrogens is 459 g/mol. The summed E-state index contributed by atoms with van der Waals surface area (Å²) in [5.41, 5.74) is -0.493. The number of hydrogen-bond acceptors (Lipinski definition) is 4. The van der Waals surface area contributed by atoms with Crippen molar-refractivity contribution < 1.29 is 13.2 Å². The van der Waals surface area contributed by atoms with Crippen molar-refractivity contribution in [2.45, 2.75) is 37.9 Å². The number of pyridine rings is 2. The predicted octanol–water partition coefficient (Wildman–Crippen LogP) is 7.65. The third kappa shape index (κ3) is 5.99. The van der Waals surface area contributed by atoms with Crippen LogP contribution in [0.15, 0.2) is 83.2 Å². The Bertz CT molecular complexity index is 1280. The summed E-state index contributed by atoms with van der Waals surface area (Å²) in [6.07, 6.45) is 3.82. The summed E-state index contributed by atoms with van der Waals surface area (Å²) in [4.78, 5) is 17.6. The molecule has 0 saturated carbocycles. The number of benzene rings is 1. The van der Waals surface area contributed by atoms with E-state index in [-0.39, 0.29) is 10.7 Å². The lowest BCUT2D eigenvalue weighted by atomic mass is 10.1. The quantitative estimate of drug-likeness (QED) is 0.192. The number of halogens is 3. The van der Waals surface area contributed by atoms with Crippen LogP contribution in [0.5, 0.6) is 0 Å². The number of nitrogens with zero attached hydrogens (tertiary/aromatic N) is 2. The fourth-order valence-electron chi connectivity index (χ4n) is 3.37. The molecule has 0 radical (unpaired) electrons.